The normalized spacial score (nSPS) is 29.3. The molecule has 0 spiro atoms. The van der Waals surface area contributed by atoms with Crippen molar-refractivity contribution in [3.8, 4) is 0 Å². The Kier molecular flexibility index (Phi) is 2.57. The molecule has 1 saturated heterocycles. The minimum atomic E-state index is -0.0681. The van der Waals surface area contributed by atoms with Crippen LogP contribution in [0.15, 0.2) is 30.3 Å². The van der Waals surface area contributed by atoms with Gasteiger partial charge in [0.05, 0.1) is 20.5 Å². The van der Waals surface area contributed by atoms with Gasteiger partial charge in [0.15, 0.2) is 0 Å². The molecule has 1 atom stereocenters. The summed E-state index contributed by atoms with van der Waals surface area (Å²) in [5.41, 5.74) is 1.29. The van der Waals surface area contributed by atoms with Crippen molar-refractivity contribution in [2.24, 2.45) is 0 Å². The summed E-state index contributed by atoms with van der Waals surface area (Å²) in [4.78, 5) is 0. The molecule has 0 N–H and O–H groups in total. The fourth-order valence-electron chi connectivity index (χ4n) is 2.14. The van der Waals surface area contributed by atoms with E-state index in [9.17, 15) is 0 Å². The summed E-state index contributed by atoms with van der Waals surface area (Å²) in [6.45, 7) is 4.19. The van der Waals surface area contributed by atoms with Crippen LogP contribution in [0.1, 0.15) is 12.5 Å². The quantitative estimate of drug-likeness (QED) is 0.673. The molecule has 15 heavy (non-hydrogen) atoms. The molecule has 1 aliphatic rings. The first-order chi connectivity index (χ1) is 7.04. The Balaban J connectivity index is 2.18. The molecule has 1 fully saturated rings. The van der Waals surface area contributed by atoms with Crippen molar-refractivity contribution in [1.29, 1.82) is 0 Å². The molecular weight excluding hydrogens is 186 g/mol. The zero-order valence-electron chi connectivity index (χ0n) is 9.86. The van der Waals surface area contributed by atoms with E-state index in [4.69, 9.17) is 4.74 Å². The number of likely N-dealkylation sites (N-methyl/N-ethyl adjacent to an activating group) is 1. The van der Waals surface area contributed by atoms with Gasteiger partial charge in [-0.3, -0.25) is 4.48 Å². The zero-order chi connectivity index (χ0) is 10.9. The van der Waals surface area contributed by atoms with Gasteiger partial charge in [0, 0.05) is 6.92 Å². The Morgan fingerprint density at radius 3 is 2.47 bits per heavy atom. The lowest BCUT2D eigenvalue weighted by atomic mass is 10.0. The average molecular weight is 206 g/mol. The fraction of sp³-hybridized carbons (Fsp3) is 0.538. The van der Waals surface area contributed by atoms with Gasteiger partial charge in [0.25, 0.3) is 0 Å². The summed E-state index contributed by atoms with van der Waals surface area (Å²) in [5.74, 6) is 0. The zero-order valence-corrected chi connectivity index (χ0v) is 9.86. The SMILES string of the molecule is CC1(Cc2ccccc2)OCC[N+]1(C)C. The minimum Gasteiger partial charge on any atom is -0.321 e. The predicted molar refractivity (Wildman–Crippen MR) is 61.5 cm³/mol. The summed E-state index contributed by atoms with van der Waals surface area (Å²) < 4.78 is 6.88. The highest BCUT2D eigenvalue weighted by molar-refractivity contribution is 5.16. The van der Waals surface area contributed by atoms with Crippen LogP contribution in [-0.2, 0) is 11.2 Å². The standard InChI is InChI=1S/C13H20NO/c1-13(14(2,3)9-10-15-13)11-12-7-5-4-6-8-12/h4-8H,9-11H2,1-3H3/q+1. The second-order valence-electron chi connectivity index (χ2n) is 5.09. The Labute approximate surface area is 92.1 Å². The van der Waals surface area contributed by atoms with Crippen LogP contribution in [0.4, 0.5) is 0 Å². The van der Waals surface area contributed by atoms with Crippen LogP contribution >= 0.6 is 0 Å². The smallest absolute Gasteiger partial charge is 0.204 e. The number of benzene rings is 1. The van der Waals surface area contributed by atoms with Crippen molar-refractivity contribution < 1.29 is 9.22 Å². The van der Waals surface area contributed by atoms with E-state index >= 15 is 0 Å². The van der Waals surface area contributed by atoms with Crippen LogP contribution in [0.2, 0.25) is 0 Å². The van der Waals surface area contributed by atoms with Gasteiger partial charge in [-0.05, 0) is 5.56 Å². The highest BCUT2D eigenvalue weighted by Crippen LogP contribution is 2.31. The van der Waals surface area contributed by atoms with Crippen LogP contribution in [0.25, 0.3) is 0 Å². The van der Waals surface area contributed by atoms with Crippen LogP contribution in [0.5, 0.6) is 0 Å². The van der Waals surface area contributed by atoms with E-state index in [0.29, 0.717) is 0 Å². The third-order valence-electron chi connectivity index (χ3n) is 3.72. The summed E-state index contributed by atoms with van der Waals surface area (Å²) in [5, 5.41) is 0. The van der Waals surface area contributed by atoms with Gasteiger partial charge >= 0.3 is 0 Å². The molecule has 2 nitrogen and oxygen atoms in total. The van der Waals surface area contributed by atoms with E-state index in [1.807, 2.05) is 0 Å². The summed E-state index contributed by atoms with van der Waals surface area (Å²) in [6.07, 6.45) is 0.987. The molecule has 0 bridgehead atoms. The molecule has 0 amide bonds. The van der Waals surface area contributed by atoms with Crippen LogP contribution in [-0.4, -0.2) is 37.5 Å². The first kappa shape index (κ1) is 10.7. The first-order valence-corrected chi connectivity index (χ1v) is 5.54. The second-order valence-corrected chi connectivity index (χ2v) is 5.09. The predicted octanol–water partition coefficient (Wildman–Crippen LogP) is 2.05. The fourth-order valence-corrected chi connectivity index (χ4v) is 2.14. The maximum Gasteiger partial charge on any atom is 0.204 e. The van der Waals surface area contributed by atoms with Gasteiger partial charge in [-0.1, -0.05) is 30.3 Å². The van der Waals surface area contributed by atoms with Crippen molar-refractivity contribution in [2.75, 3.05) is 27.2 Å². The highest BCUT2D eigenvalue weighted by atomic mass is 16.5. The molecule has 2 heteroatoms. The third-order valence-corrected chi connectivity index (χ3v) is 3.72. The molecule has 0 radical (unpaired) electrons. The highest BCUT2D eigenvalue weighted by Gasteiger charge is 2.47. The van der Waals surface area contributed by atoms with Crippen LogP contribution in [0, 0.1) is 0 Å². The van der Waals surface area contributed by atoms with Crippen molar-refractivity contribution in [1.82, 2.24) is 0 Å². The summed E-state index contributed by atoms with van der Waals surface area (Å²) in [6, 6.07) is 10.6. The lowest BCUT2D eigenvalue weighted by Crippen LogP contribution is -2.55. The van der Waals surface area contributed by atoms with Gasteiger partial charge in [0.2, 0.25) is 5.72 Å². The maximum atomic E-state index is 5.93. The van der Waals surface area contributed by atoms with Crippen molar-refractivity contribution >= 4 is 0 Å². The Morgan fingerprint density at radius 1 is 1.27 bits per heavy atom. The van der Waals surface area contributed by atoms with Crippen molar-refractivity contribution in [3.05, 3.63) is 35.9 Å². The second kappa shape index (κ2) is 3.62. The van der Waals surface area contributed by atoms with E-state index in [0.717, 1.165) is 24.1 Å². The van der Waals surface area contributed by atoms with E-state index < -0.39 is 0 Å². The molecule has 1 aromatic carbocycles. The number of hydrogen-bond acceptors (Lipinski definition) is 1. The van der Waals surface area contributed by atoms with Crippen molar-refractivity contribution in [2.45, 2.75) is 19.1 Å². The number of rotatable bonds is 2. The largest absolute Gasteiger partial charge is 0.321 e. The van der Waals surface area contributed by atoms with E-state index in [-0.39, 0.29) is 5.72 Å². The number of hydrogen-bond donors (Lipinski definition) is 0. The molecule has 0 saturated carbocycles. The van der Waals surface area contributed by atoms with Crippen LogP contribution < -0.4 is 0 Å². The molecule has 1 aromatic rings. The minimum absolute atomic E-state index is 0.0681. The van der Waals surface area contributed by atoms with E-state index in [1.54, 1.807) is 0 Å². The van der Waals surface area contributed by atoms with E-state index in [2.05, 4.69) is 51.4 Å². The Morgan fingerprint density at radius 2 is 1.93 bits per heavy atom. The van der Waals surface area contributed by atoms with Gasteiger partial charge in [0.1, 0.15) is 13.2 Å². The number of quaternary nitrogens is 1. The monoisotopic (exact) mass is 206 g/mol. The average Bonchev–Trinajstić information content (AvgIpc) is 2.43. The van der Waals surface area contributed by atoms with Crippen molar-refractivity contribution in [3.63, 3.8) is 0 Å². The molecule has 1 heterocycles. The molecule has 0 aliphatic carbocycles. The lowest BCUT2D eigenvalue weighted by Gasteiger charge is -2.39. The molecule has 1 aliphatic heterocycles. The van der Waals surface area contributed by atoms with Gasteiger partial charge < -0.3 is 4.74 Å². The summed E-state index contributed by atoms with van der Waals surface area (Å²) in [7, 11) is 4.49. The Hall–Kier alpha value is -0.860. The number of nitrogens with zero attached hydrogens (tertiary/aromatic N) is 1. The third kappa shape index (κ3) is 1.92. The first-order valence-electron chi connectivity index (χ1n) is 5.54. The molecule has 0 aromatic heterocycles. The maximum absolute atomic E-state index is 5.93. The summed E-state index contributed by atoms with van der Waals surface area (Å²) >= 11 is 0. The van der Waals surface area contributed by atoms with Gasteiger partial charge in [-0.15, -0.1) is 0 Å². The lowest BCUT2D eigenvalue weighted by molar-refractivity contribution is -0.941. The molecule has 82 valence electrons. The molecular formula is C13H20NO+. The number of ether oxygens (including phenoxy) is 1. The van der Waals surface area contributed by atoms with Crippen LogP contribution in [0.3, 0.4) is 0 Å². The van der Waals surface area contributed by atoms with Gasteiger partial charge in [-0.2, -0.15) is 0 Å². The Bertz CT molecular complexity index is 334. The molecule has 2 rings (SSSR count). The van der Waals surface area contributed by atoms with Gasteiger partial charge in [-0.25, -0.2) is 0 Å². The van der Waals surface area contributed by atoms with E-state index in [1.165, 1.54) is 5.56 Å². The molecule has 1 unspecified atom stereocenters. The topological polar surface area (TPSA) is 9.23 Å².